The first-order chi connectivity index (χ1) is 12.0. The average molecular weight is 382 g/mol. The van der Waals surface area contributed by atoms with Gasteiger partial charge in [-0.15, -0.1) is 11.3 Å². The van der Waals surface area contributed by atoms with Crippen LogP contribution in [0.5, 0.6) is 0 Å². The van der Waals surface area contributed by atoms with Crippen LogP contribution in [-0.2, 0) is 11.3 Å². The van der Waals surface area contributed by atoms with Crippen molar-refractivity contribution in [3.05, 3.63) is 45.7 Å². The van der Waals surface area contributed by atoms with Crippen molar-refractivity contribution in [2.45, 2.75) is 13.5 Å². The Morgan fingerprint density at radius 2 is 2.20 bits per heavy atom. The zero-order valence-corrected chi connectivity index (χ0v) is 14.5. The van der Waals surface area contributed by atoms with E-state index >= 15 is 0 Å². The van der Waals surface area contributed by atoms with Crippen molar-refractivity contribution in [3.63, 3.8) is 0 Å². The SMILES string of the molecule is CCOC(=O)c1cc(C(=O)O)n(Cc2cc(-c3ccc(Cl)s3)on2)n1. The Labute approximate surface area is 150 Å². The van der Waals surface area contributed by atoms with Gasteiger partial charge in [0.2, 0.25) is 0 Å². The molecule has 0 aliphatic rings. The summed E-state index contributed by atoms with van der Waals surface area (Å²) in [4.78, 5) is 23.9. The van der Waals surface area contributed by atoms with Gasteiger partial charge in [-0.1, -0.05) is 16.8 Å². The molecule has 1 N–H and O–H groups in total. The van der Waals surface area contributed by atoms with Crippen LogP contribution >= 0.6 is 22.9 Å². The number of halogens is 1. The Kier molecular flexibility index (Phi) is 4.86. The van der Waals surface area contributed by atoms with Crippen LogP contribution in [0.25, 0.3) is 10.6 Å². The zero-order chi connectivity index (χ0) is 18.0. The predicted molar refractivity (Wildman–Crippen MR) is 89.1 cm³/mol. The van der Waals surface area contributed by atoms with E-state index in [1.54, 1.807) is 25.1 Å². The molecule has 0 radical (unpaired) electrons. The fourth-order valence-corrected chi connectivity index (χ4v) is 3.11. The van der Waals surface area contributed by atoms with Crippen LogP contribution in [0, 0.1) is 0 Å². The molecule has 3 rings (SSSR count). The summed E-state index contributed by atoms with van der Waals surface area (Å²) >= 11 is 7.23. The Hall–Kier alpha value is -2.65. The molecule has 0 fully saturated rings. The lowest BCUT2D eigenvalue weighted by atomic mass is 10.3. The second-order valence-corrected chi connectivity index (χ2v) is 6.60. The van der Waals surface area contributed by atoms with E-state index in [0.29, 0.717) is 15.8 Å². The quantitative estimate of drug-likeness (QED) is 0.653. The summed E-state index contributed by atoms with van der Waals surface area (Å²) in [5, 5.41) is 17.2. The molecular weight excluding hydrogens is 370 g/mol. The lowest BCUT2D eigenvalue weighted by molar-refractivity contribution is 0.0518. The van der Waals surface area contributed by atoms with Gasteiger partial charge in [-0.3, -0.25) is 4.68 Å². The van der Waals surface area contributed by atoms with E-state index in [-0.39, 0.29) is 24.5 Å². The van der Waals surface area contributed by atoms with Crippen LogP contribution in [0.3, 0.4) is 0 Å². The second-order valence-electron chi connectivity index (χ2n) is 4.88. The molecule has 0 spiro atoms. The van der Waals surface area contributed by atoms with Crippen molar-refractivity contribution in [3.8, 4) is 10.6 Å². The van der Waals surface area contributed by atoms with E-state index in [1.165, 1.54) is 17.4 Å². The second kappa shape index (κ2) is 7.08. The van der Waals surface area contributed by atoms with Gasteiger partial charge in [0.15, 0.2) is 11.5 Å². The highest BCUT2D eigenvalue weighted by molar-refractivity contribution is 7.19. The van der Waals surface area contributed by atoms with Crippen molar-refractivity contribution in [2.75, 3.05) is 6.61 Å². The van der Waals surface area contributed by atoms with Crippen molar-refractivity contribution < 1.29 is 24.0 Å². The largest absolute Gasteiger partial charge is 0.477 e. The molecule has 8 nitrogen and oxygen atoms in total. The Balaban J connectivity index is 1.86. The van der Waals surface area contributed by atoms with Gasteiger partial charge < -0.3 is 14.4 Å². The van der Waals surface area contributed by atoms with Gasteiger partial charge in [0, 0.05) is 12.1 Å². The summed E-state index contributed by atoms with van der Waals surface area (Å²) < 4.78 is 11.9. The van der Waals surface area contributed by atoms with Gasteiger partial charge in [-0.05, 0) is 19.1 Å². The third-order valence-electron chi connectivity index (χ3n) is 3.17. The number of hydrogen-bond acceptors (Lipinski definition) is 7. The molecule has 3 aromatic heterocycles. The van der Waals surface area contributed by atoms with Crippen LogP contribution in [-0.4, -0.2) is 38.6 Å². The molecule has 3 aromatic rings. The fraction of sp³-hybridized carbons (Fsp3) is 0.200. The molecule has 0 aliphatic carbocycles. The van der Waals surface area contributed by atoms with Crippen LogP contribution < -0.4 is 0 Å². The minimum atomic E-state index is -1.21. The number of carbonyl (C=O) groups is 2. The number of carboxylic acid groups (broad SMARTS) is 1. The standard InChI is InChI=1S/C15H12ClN3O5S/c1-2-23-15(22)9-6-10(14(20)21)19(17-9)7-8-5-11(24-18-8)12-3-4-13(16)25-12/h3-6H,2,7H2,1H3,(H,20,21). The maximum Gasteiger partial charge on any atom is 0.358 e. The number of aromatic nitrogens is 3. The first kappa shape index (κ1) is 17.2. The maximum atomic E-state index is 11.7. The topological polar surface area (TPSA) is 107 Å². The van der Waals surface area contributed by atoms with Gasteiger partial charge in [-0.2, -0.15) is 5.10 Å². The number of aromatic carboxylic acids is 1. The van der Waals surface area contributed by atoms with Crippen LogP contribution in [0.15, 0.2) is 28.8 Å². The first-order valence-electron chi connectivity index (χ1n) is 7.17. The molecule has 0 saturated heterocycles. The summed E-state index contributed by atoms with van der Waals surface area (Å²) in [5.74, 6) is -1.38. The molecule has 3 heterocycles. The van der Waals surface area contributed by atoms with Gasteiger partial charge in [0.25, 0.3) is 0 Å². The summed E-state index contributed by atoms with van der Waals surface area (Å²) in [6, 6.07) is 6.37. The number of nitrogens with zero attached hydrogens (tertiary/aromatic N) is 3. The normalized spacial score (nSPS) is 10.8. The molecule has 130 valence electrons. The average Bonchev–Trinajstić information content (AvgIpc) is 3.27. The summed E-state index contributed by atoms with van der Waals surface area (Å²) in [7, 11) is 0. The minimum Gasteiger partial charge on any atom is -0.477 e. The number of hydrogen-bond donors (Lipinski definition) is 1. The number of carboxylic acids is 1. The third-order valence-corrected chi connectivity index (χ3v) is 4.42. The molecule has 0 bridgehead atoms. The number of esters is 1. The lowest BCUT2D eigenvalue weighted by Gasteiger charge is -2.00. The molecule has 0 saturated carbocycles. The van der Waals surface area contributed by atoms with Crippen molar-refractivity contribution in [2.24, 2.45) is 0 Å². The Bertz CT molecular complexity index is 929. The first-order valence-corrected chi connectivity index (χ1v) is 8.37. The third kappa shape index (κ3) is 3.72. The smallest absolute Gasteiger partial charge is 0.358 e. The highest BCUT2D eigenvalue weighted by Gasteiger charge is 2.20. The van der Waals surface area contributed by atoms with E-state index in [9.17, 15) is 14.7 Å². The monoisotopic (exact) mass is 381 g/mol. The molecule has 0 aromatic carbocycles. The highest BCUT2D eigenvalue weighted by atomic mass is 35.5. The van der Waals surface area contributed by atoms with Gasteiger partial charge in [0.1, 0.15) is 11.4 Å². The van der Waals surface area contributed by atoms with Crippen molar-refractivity contribution >= 4 is 34.9 Å². The molecule has 0 atom stereocenters. The van der Waals surface area contributed by atoms with Gasteiger partial charge in [-0.25, -0.2) is 9.59 Å². The van der Waals surface area contributed by atoms with Crippen LogP contribution in [0.4, 0.5) is 0 Å². The Morgan fingerprint density at radius 1 is 1.40 bits per heavy atom. The number of ether oxygens (including phenoxy) is 1. The summed E-state index contributed by atoms with van der Waals surface area (Å²) in [6.45, 7) is 1.86. The number of carbonyl (C=O) groups excluding carboxylic acids is 1. The highest BCUT2D eigenvalue weighted by Crippen LogP contribution is 2.31. The van der Waals surface area contributed by atoms with E-state index in [4.69, 9.17) is 20.9 Å². The van der Waals surface area contributed by atoms with E-state index in [1.807, 2.05) is 0 Å². The predicted octanol–water partition coefficient (Wildman–Crippen LogP) is 3.18. The van der Waals surface area contributed by atoms with Gasteiger partial charge >= 0.3 is 11.9 Å². The van der Waals surface area contributed by atoms with E-state index in [2.05, 4.69) is 10.3 Å². The molecule has 25 heavy (non-hydrogen) atoms. The minimum absolute atomic E-state index is 0.0314. The van der Waals surface area contributed by atoms with Crippen molar-refractivity contribution in [1.82, 2.24) is 14.9 Å². The fourth-order valence-electron chi connectivity index (χ4n) is 2.12. The van der Waals surface area contributed by atoms with Crippen LogP contribution in [0.1, 0.15) is 33.6 Å². The molecule has 0 aliphatic heterocycles. The van der Waals surface area contributed by atoms with Crippen molar-refractivity contribution in [1.29, 1.82) is 0 Å². The summed E-state index contributed by atoms with van der Waals surface area (Å²) in [5.41, 5.74) is 0.236. The molecule has 0 unspecified atom stereocenters. The van der Waals surface area contributed by atoms with E-state index < -0.39 is 11.9 Å². The summed E-state index contributed by atoms with van der Waals surface area (Å²) in [6.07, 6.45) is 0. The van der Waals surface area contributed by atoms with Crippen LogP contribution in [0.2, 0.25) is 4.34 Å². The number of thiophene rings is 1. The lowest BCUT2D eigenvalue weighted by Crippen LogP contribution is -2.11. The Morgan fingerprint density at radius 3 is 2.84 bits per heavy atom. The maximum absolute atomic E-state index is 11.7. The molecule has 0 amide bonds. The zero-order valence-electron chi connectivity index (χ0n) is 12.9. The van der Waals surface area contributed by atoms with Gasteiger partial charge in [0.05, 0.1) is 22.4 Å². The van der Waals surface area contributed by atoms with E-state index in [0.717, 1.165) is 9.56 Å². The molecular formula is C15H12ClN3O5S. The molecule has 10 heteroatoms. The number of rotatable bonds is 6.